The van der Waals surface area contributed by atoms with E-state index in [9.17, 15) is 16.8 Å². The first-order valence-electron chi connectivity index (χ1n) is 10.4. The molecule has 1 heterocycles. The Hall–Kier alpha value is -2.52. The van der Waals surface area contributed by atoms with Crippen molar-refractivity contribution in [1.82, 2.24) is 8.61 Å². The van der Waals surface area contributed by atoms with E-state index in [0.29, 0.717) is 5.56 Å². The average Bonchev–Trinajstić information content (AvgIpc) is 3.14. The number of hydrogen-bond donors (Lipinski definition) is 0. The second-order valence-electron chi connectivity index (χ2n) is 8.17. The second-order valence-corrected chi connectivity index (χ2v) is 11.9. The van der Waals surface area contributed by atoms with Gasteiger partial charge in [0.25, 0.3) is 0 Å². The lowest BCUT2D eigenvalue weighted by Gasteiger charge is -2.30. The van der Waals surface area contributed by atoms with Crippen LogP contribution in [0, 0.1) is 13.8 Å². The summed E-state index contributed by atoms with van der Waals surface area (Å²) in [6, 6.07) is 21.6. The highest BCUT2D eigenvalue weighted by atomic mass is 32.2. The minimum Gasteiger partial charge on any atom is -0.207 e. The molecule has 0 spiro atoms. The average molecular weight is 471 g/mol. The quantitative estimate of drug-likeness (QED) is 0.563. The van der Waals surface area contributed by atoms with Crippen molar-refractivity contribution in [2.45, 2.75) is 42.8 Å². The Morgan fingerprint density at radius 2 is 1.16 bits per heavy atom. The van der Waals surface area contributed by atoms with E-state index < -0.39 is 32.3 Å². The van der Waals surface area contributed by atoms with E-state index in [1.807, 2.05) is 19.9 Å². The Labute approximate surface area is 190 Å². The van der Waals surface area contributed by atoms with Crippen LogP contribution in [0.25, 0.3) is 0 Å². The normalized spacial score (nSPS) is 20.5. The van der Waals surface area contributed by atoms with Crippen molar-refractivity contribution < 1.29 is 16.8 Å². The molecule has 168 valence electrons. The standard InChI is InChI=1S/C24H26N2O4S2/c1-18-9-13-22(14-10-18)31(27,28)25-17-20(3)26(24(25)21-7-5-4-6-8-21)32(29,30)23-15-11-19(2)12-16-23/h4-16,20,24H,17H2,1-3H3/t20-,24+/m0/s1. The molecule has 0 aliphatic carbocycles. The van der Waals surface area contributed by atoms with E-state index in [2.05, 4.69) is 0 Å². The molecule has 2 atom stereocenters. The molecule has 6 nitrogen and oxygen atoms in total. The van der Waals surface area contributed by atoms with Gasteiger partial charge < -0.3 is 0 Å². The van der Waals surface area contributed by atoms with Crippen molar-refractivity contribution in [1.29, 1.82) is 0 Å². The van der Waals surface area contributed by atoms with Crippen LogP contribution in [0.3, 0.4) is 0 Å². The molecule has 32 heavy (non-hydrogen) atoms. The van der Waals surface area contributed by atoms with Gasteiger partial charge in [0.05, 0.1) is 9.79 Å². The van der Waals surface area contributed by atoms with Crippen LogP contribution >= 0.6 is 0 Å². The predicted octanol–water partition coefficient (Wildman–Crippen LogP) is 4.09. The molecule has 0 unspecified atom stereocenters. The summed E-state index contributed by atoms with van der Waals surface area (Å²) in [6.07, 6.45) is -0.983. The molecule has 0 N–H and O–H groups in total. The molecule has 3 aromatic carbocycles. The zero-order chi connectivity index (χ0) is 23.1. The molecular formula is C24H26N2O4S2. The third-order valence-electron chi connectivity index (χ3n) is 5.71. The van der Waals surface area contributed by atoms with Crippen LogP contribution in [0.2, 0.25) is 0 Å². The Kier molecular flexibility index (Phi) is 5.98. The molecule has 3 aromatic rings. The molecule has 0 radical (unpaired) electrons. The fourth-order valence-corrected chi connectivity index (χ4v) is 7.49. The van der Waals surface area contributed by atoms with Crippen molar-refractivity contribution in [3.63, 3.8) is 0 Å². The van der Waals surface area contributed by atoms with Crippen LogP contribution in [-0.2, 0) is 20.0 Å². The maximum Gasteiger partial charge on any atom is 0.245 e. The van der Waals surface area contributed by atoms with E-state index in [1.165, 1.54) is 8.61 Å². The van der Waals surface area contributed by atoms with Crippen molar-refractivity contribution >= 4 is 20.0 Å². The van der Waals surface area contributed by atoms with Crippen LogP contribution in [0.1, 0.15) is 29.8 Å². The first-order valence-corrected chi connectivity index (χ1v) is 13.2. The van der Waals surface area contributed by atoms with Crippen LogP contribution in [0.15, 0.2) is 88.7 Å². The topological polar surface area (TPSA) is 74.8 Å². The van der Waals surface area contributed by atoms with Crippen LogP contribution in [0.5, 0.6) is 0 Å². The van der Waals surface area contributed by atoms with E-state index in [0.717, 1.165) is 11.1 Å². The first-order chi connectivity index (χ1) is 15.1. The number of rotatable bonds is 5. The summed E-state index contributed by atoms with van der Waals surface area (Å²) in [5.74, 6) is 0. The summed E-state index contributed by atoms with van der Waals surface area (Å²) >= 11 is 0. The molecule has 1 aliphatic rings. The Morgan fingerprint density at radius 3 is 1.66 bits per heavy atom. The highest BCUT2D eigenvalue weighted by molar-refractivity contribution is 7.90. The predicted molar refractivity (Wildman–Crippen MR) is 124 cm³/mol. The van der Waals surface area contributed by atoms with Crippen LogP contribution in [-0.4, -0.2) is 38.0 Å². The summed E-state index contributed by atoms with van der Waals surface area (Å²) in [7, 11) is -7.90. The van der Waals surface area contributed by atoms with Gasteiger partial charge in [0.2, 0.25) is 20.0 Å². The fourth-order valence-electron chi connectivity index (χ4n) is 4.02. The van der Waals surface area contributed by atoms with Gasteiger partial charge in [0.15, 0.2) is 0 Å². The first kappa shape index (κ1) is 22.7. The second kappa shape index (κ2) is 8.44. The third kappa shape index (κ3) is 3.99. The minimum absolute atomic E-state index is 0.0564. The van der Waals surface area contributed by atoms with Gasteiger partial charge in [0.1, 0.15) is 6.17 Å². The van der Waals surface area contributed by atoms with E-state index >= 15 is 0 Å². The van der Waals surface area contributed by atoms with Crippen LogP contribution < -0.4 is 0 Å². The van der Waals surface area contributed by atoms with Gasteiger partial charge in [-0.05, 0) is 50.6 Å². The Balaban J connectivity index is 1.86. The summed E-state index contributed by atoms with van der Waals surface area (Å²) in [6.45, 7) is 5.57. The third-order valence-corrected chi connectivity index (χ3v) is 9.53. The Bertz CT molecular complexity index is 1300. The van der Waals surface area contributed by atoms with Crippen molar-refractivity contribution in [2.75, 3.05) is 6.54 Å². The molecule has 1 saturated heterocycles. The van der Waals surface area contributed by atoms with Gasteiger partial charge in [-0.1, -0.05) is 65.7 Å². The van der Waals surface area contributed by atoms with Gasteiger partial charge in [-0.15, -0.1) is 0 Å². The number of hydrogen-bond acceptors (Lipinski definition) is 4. The Morgan fingerprint density at radius 1 is 0.688 bits per heavy atom. The number of aryl methyl sites for hydroxylation is 2. The molecule has 4 rings (SSSR count). The maximum absolute atomic E-state index is 13.7. The summed E-state index contributed by atoms with van der Waals surface area (Å²) < 4.78 is 57.3. The van der Waals surface area contributed by atoms with Crippen molar-refractivity contribution in [2.24, 2.45) is 0 Å². The molecule has 1 aliphatic heterocycles. The number of sulfonamides is 2. The molecule has 0 aromatic heterocycles. The van der Waals surface area contributed by atoms with Gasteiger partial charge in [0, 0.05) is 12.6 Å². The molecule has 0 saturated carbocycles. The number of benzene rings is 3. The van der Waals surface area contributed by atoms with E-state index in [4.69, 9.17) is 0 Å². The fraction of sp³-hybridized carbons (Fsp3) is 0.250. The monoisotopic (exact) mass is 470 g/mol. The maximum atomic E-state index is 13.7. The van der Waals surface area contributed by atoms with Crippen molar-refractivity contribution in [3.05, 3.63) is 95.6 Å². The lowest BCUT2D eigenvalue weighted by atomic mass is 10.2. The summed E-state index contributed by atoms with van der Waals surface area (Å²) in [5, 5.41) is 0. The SMILES string of the molecule is Cc1ccc(S(=O)(=O)N2C[C@H](C)N(S(=O)(=O)c3ccc(C)cc3)[C@@H]2c2ccccc2)cc1. The van der Waals surface area contributed by atoms with Crippen molar-refractivity contribution in [3.8, 4) is 0 Å². The smallest absolute Gasteiger partial charge is 0.207 e. The number of nitrogens with zero attached hydrogens (tertiary/aromatic N) is 2. The molecule has 0 amide bonds. The van der Waals surface area contributed by atoms with Gasteiger partial charge >= 0.3 is 0 Å². The lowest BCUT2D eigenvalue weighted by molar-refractivity contribution is 0.276. The minimum atomic E-state index is -3.96. The van der Waals surface area contributed by atoms with E-state index in [1.54, 1.807) is 79.7 Å². The van der Waals surface area contributed by atoms with Gasteiger partial charge in [-0.3, -0.25) is 0 Å². The summed E-state index contributed by atoms with van der Waals surface area (Å²) in [5.41, 5.74) is 2.49. The molecule has 1 fully saturated rings. The molecule has 0 bridgehead atoms. The molecular weight excluding hydrogens is 444 g/mol. The van der Waals surface area contributed by atoms with Crippen LogP contribution in [0.4, 0.5) is 0 Å². The van der Waals surface area contributed by atoms with Gasteiger partial charge in [-0.2, -0.15) is 8.61 Å². The zero-order valence-electron chi connectivity index (χ0n) is 18.2. The summed E-state index contributed by atoms with van der Waals surface area (Å²) in [4.78, 5) is 0.288. The lowest BCUT2D eigenvalue weighted by Crippen LogP contribution is -2.39. The van der Waals surface area contributed by atoms with E-state index in [-0.39, 0.29) is 16.3 Å². The molecule has 8 heteroatoms. The van der Waals surface area contributed by atoms with Gasteiger partial charge in [-0.25, -0.2) is 16.8 Å². The highest BCUT2D eigenvalue weighted by Gasteiger charge is 2.50. The highest BCUT2D eigenvalue weighted by Crippen LogP contribution is 2.41. The zero-order valence-corrected chi connectivity index (χ0v) is 19.8. The largest absolute Gasteiger partial charge is 0.245 e.